The summed E-state index contributed by atoms with van der Waals surface area (Å²) in [6.07, 6.45) is -2.99. The molecule has 10 heteroatoms. The fraction of sp³-hybridized carbons (Fsp3) is 0.130. The van der Waals surface area contributed by atoms with Crippen LogP contribution < -0.4 is 5.32 Å². The van der Waals surface area contributed by atoms with Crippen LogP contribution in [0.15, 0.2) is 66.9 Å². The van der Waals surface area contributed by atoms with Crippen LogP contribution in [0, 0.1) is 17.0 Å². The third-order valence-electron chi connectivity index (χ3n) is 5.20. The van der Waals surface area contributed by atoms with Crippen LogP contribution in [0.1, 0.15) is 28.3 Å². The largest absolute Gasteiger partial charge is 0.505 e. The van der Waals surface area contributed by atoms with E-state index >= 15 is 0 Å². The monoisotopic (exact) mass is 454 g/mol. The van der Waals surface area contributed by atoms with E-state index in [2.05, 4.69) is 15.3 Å². The van der Waals surface area contributed by atoms with Gasteiger partial charge in [-0.2, -0.15) is 13.2 Å². The summed E-state index contributed by atoms with van der Waals surface area (Å²) in [7, 11) is 0. The van der Waals surface area contributed by atoms with E-state index in [0.717, 1.165) is 12.1 Å². The standard InChI is InChI=1S/C23H17F3N4O3/c1-13-4-11-18(29-22(13)30(32)33)28-19(15-5-8-16(9-6-15)23(24,25)26)17-10-7-14-3-2-12-27-20(14)21(17)31/h2-12,19,31H,1H3,(H,28,29). The number of alkyl halides is 3. The predicted octanol–water partition coefficient (Wildman–Crippen LogP) is 5.77. The second kappa shape index (κ2) is 8.38. The van der Waals surface area contributed by atoms with E-state index < -0.39 is 22.7 Å². The fourth-order valence-electron chi connectivity index (χ4n) is 3.51. The number of nitrogens with one attached hydrogen (secondary N) is 1. The summed E-state index contributed by atoms with van der Waals surface area (Å²) >= 11 is 0. The molecule has 1 unspecified atom stereocenters. The van der Waals surface area contributed by atoms with Gasteiger partial charge in [0.2, 0.25) is 5.82 Å². The summed E-state index contributed by atoms with van der Waals surface area (Å²) in [5.41, 5.74) is 0.564. The van der Waals surface area contributed by atoms with Gasteiger partial charge in [0.25, 0.3) is 0 Å². The summed E-state index contributed by atoms with van der Waals surface area (Å²) in [6.45, 7) is 1.54. The number of rotatable bonds is 5. The number of benzene rings is 2. The molecule has 4 rings (SSSR count). The number of nitrogens with zero attached hydrogens (tertiary/aromatic N) is 3. The maximum Gasteiger partial charge on any atom is 0.416 e. The molecule has 2 heterocycles. The normalized spacial score (nSPS) is 12.5. The van der Waals surface area contributed by atoms with Crippen LogP contribution in [0.4, 0.5) is 24.8 Å². The zero-order chi connectivity index (χ0) is 23.8. The summed E-state index contributed by atoms with van der Waals surface area (Å²) in [5, 5.41) is 25.9. The van der Waals surface area contributed by atoms with Gasteiger partial charge >= 0.3 is 12.0 Å². The Hall–Kier alpha value is -4.21. The lowest BCUT2D eigenvalue weighted by atomic mass is 9.95. The minimum Gasteiger partial charge on any atom is -0.505 e. The van der Waals surface area contributed by atoms with E-state index in [-0.39, 0.29) is 17.4 Å². The van der Waals surface area contributed by atoms with Gasteiger partial charge in [-0.05, 0) is 46.7 Å². The molecule has 0 saturated heterocycles. The van der Waals surface area contributed by atoms with Crippen molar-refractivity contribution in [2.75, 3.05) is 5.32 Å². The molecule has 7 nitrogen and oxygen atoms in total. The maximum atomic E-state index is 13.0. The molecule has 0 aliphatic carbocycles. The van der Waals surface area contributed by atoms with Crippen molar-refractivity contribution in [1.29, 1.82) is 0 Å². The number of aromatic hydroxyl groups is 1. The average Bonchev–Trinajstić information content (AvgIpc) is 2.79. The van der Waals surface area contributed by atoms with Gasteiger partial charge < -0.3 is 20.5 Å². The Morgan fingerprint density at radius 2 is 1.79 bits per heavy atom. The van der Waals surface area contributed by atoms with E-state index in [1.54, 1.807) is 31.2 Å². The molecular weight excluding hydrogens is 437 g/mol. The molecule has 1 atom stereocenters. The highest BCUT2D eigenvalue weighted by Gasteiger charge is 2.31. The van der Waals surface area contributed by atoms with Crippen LogP contribution in [0.25, 0.3) is 10.9 Å². The van der Waals surface area contributed by atoms with Crippen LogP contribution in [0.3, 0.4) is 0 Å². The minimum absolute atomic E-state index is 0.123. The average molecular weight is 454 g/mol. The molecule has 4 aromatic rings. The number of phenolic OH excluding ortho intramolecular Hbond substituents is 1. The third kappa shape index (κ3) is 4.40. The van der Waals surface area contributed by atoms with E-state index in [9.17, 15) is 28.4 Å². The number of aryl methyl sites for hydroxylation is 1. The van der Waals surface area contributed by atoms with E-state index in [1.165, 1.54) is 30.5 Å². The lowest BCUT2D eigenvalue weighted by molar-refractivity contribution is -0.390. The SMILES string of the molecule is Cc1ccc(NC(c2ccc(C(F)(F)F)cc2)c2ccc3cccnc3c2O)nc1[N+](=O)[O-]. The first-order valence-corrected chi connectivity index (χ1v) is 9.77. The number of hydrogen-bond acceptors (Lipinski definition) is 6. The number of halogens is 3. The van der Waals surface area contributed by atoms with Crippen LogP contribution >= 0.6 is 0 Å². The number of hydrogen-bond donors (Lipinski definition) is 2. The van der Waals surface area contributed by atoms with Gasteiger partial charge in [-0.3, -0.25) is 4.98 Å². The first kappa shape index (κ1) is 22.0. The highest BCUT2D eigenvalue weighted by atomic mass is 19.4. The Morgan fingerprint density at radius 1 is 1.06 bits per heavy atom. The molecule has 0 radical (unpaired) electrons. The lowest BCUT2D eigenvalue weighted by Crippen LogP contribution is -2.15. The van der Waals surface area contributed by atoms with Gasteiger partial charge in [-0.25, -0.2) is 0 Å². The van der Waals surface area contributed by atoms with Crippen molar-refractivity contribution in [3.8, 4) is 5.75 Å². The van der Waals surface area contributed by atoms with Gasteiger partial charge in [0.1, 0.15) is 11.3 Å². The molecule has 0 bridgehead atoms. The van der Waals surface area contributed by atoms with Crippen molar-refractivity contribution in [1.82, 2.24) is 9.97 Å². The van der Waals surface area contributed by atoms with Gasteiger partial charge in [-0.1, -0.05) is 30.3 Å². The van der Waals surface area contributed by atoms with Crippen molar-refractivity contribution in [3.63, 3.8) is 0 Å². The Balaban J connectivity index is 1.84. The summed E-state index contributed by atoms with van der Waals surface area (Å²) in [6, 6.07) is 13.4. The van der Waals surface area contributed by atoms with Gasteiger partial charge in [0.15, 0.2) is 0 Å². The Labute approximate surface area is 185 Å². The lowest BCUT2D eigenvalue weighted by Gasteiger charge is -2.21. The fourth-order valence-corrected chi connectivity index (χ4v) is 3.51. The van der Waals surface area contributed by atoms with Crippen molar-refractivity contribution in [2.45, 2.75) is 19.1 Å². The first-order valence-electron chi connectivity index (χ1n) is 9.77. The first-order chi connectivity index (χ1) is 15.6. The molecule has 0 amide bonds. The van der Waals surface area contributed by atoms with Crippen LogP contribution in [0.5, 0.6) is 5.75 Å². The minimum atomic E-state index is -4.50. The Morgan fingerprint density at radius 3 is 2.45 bits per heavy atom. The molecule has 2 N–H and O–H groups in total. The zero-order valence-electron chi connectivity index (χ0n) is 17.2. The number of nitro groups is 1. The predicted molar refractivity (Wildman–Crippen MR) is 116 cm³/mol. The van der Waals surface area contributed by atoms with E-state index in [0.29, 0.717) is 27.6 Å². The molecule has 0 spiro atoms. The van der Waals surface area contributed by atoms with Crippen molar-refractivity contribution >= 4 is 22.5 Å². The molecule has 33 heavy (non-hydrogen) atoms. The quantitative estimate of drug-likeness (QED) is 0.293. The Kier molecular flexibility index (Phi) is 5.59. The van der Waals surface area contributed by atoms with Crippen molar-refractivity contribution < 1.29 is 23.2 Å². The van der Waals surface area contributed by atoms with Gasteiger partial charge in [-0.15, -0.1) is 0 Å². The van der Waals surface area contributed by atoms with Crippen molar-refractivity contribution in [3.05, 3.63) is 99.2 Å². The second-order valence-electron chi connectivity index (χ2n) is 7.37. The summed E-state index contributed by atoms with van der Waals surface area (Å²) in [4.78, 5) is 18.9. The second-order valence-corrected chi connectivity index (χ2v) is 7.37. The molecule has 0 saturated carbocycles. The number of pyridine rings is 2. The van der Waals surface area contributed by atoms with Gasteiger partial charge in [0.05, 0.1) is 11.6 Å². The van der Waals surface area contributed by atoms with Crippen molar-refractivity contribution in [2.24, 2.45) is 0 Å². The molecule has 2 aromatic carbocycles. The third-order valence-corrected chi connectivity index (χ3v) is 5.20. The topological polar surface area (TPSA) is 101 Å². The number of fused-ring (bicyclic) bond motifs is 1. The number of anilines is 1. The zero-order valence-corrected chi connectivity index (χ0v) is 17.2. The highest BCUT2D eigenvalue weighted by Crippen LogP contribution is 2.37. The van der Waals surface area contributed by atoms with E-state index in [1.807, 2.05) is 0 Å². The van der Waals surface area contributed by atoms with Gasteiger partial charge in [0, 0.05) is 28.8 Å². The van der Waals surface area contributed by atoms with Crippen LogP contribution in [-0.4, -0.2) is 20.0 Å². The van der Waals surface area contributed by atoms with Crippen LogP contribution in [-0.2, 0) is 6.18 Å². The molecule has 0 aliphatic heterocycles. The van der Waals surface area contributed by atoms with E-state index in [4.69, 9.17) is 0 Å². The summed E-state index contributed by atoms with van der Waals surface area (Å²) < 4.78 is 39.1. The number of phenols is 1. The molecule has 0 fully saturated rings. The molecule has 168 valence electrons. The molecule has 2 aromatic heterocycles. The Bertz CT molecular complexity index is 1340. The highest BCUT2D eigenvalue weighted by molar-refractivity contribution is 5.86. The molecule has 0 aliphatic rings. The maximum absolute atomic E-state index is 13.0. The molecular formula is C23H17F3N4O3. The summed E-state index contributed by atoms with van der Waals surface area (Å²) in [5.74, 6) is -0.389. The number of aromatic nitrogens is 2. The van der Waals surface area contributed by atoms with Crippen LogP contribution in [0.2, 0.25) is 0 Å². The smallest absolute Gasteiger partial charge is 0.416 e.